The van der Waals surface area contributed by atoms with E-state index in [0.29, 0.717) is 18.5 Å². The first-order valence-electron chi connectivity index (χ1n) is 8.44. The van der Waals surface area contributed by atoms with Crippen molar-refractivity contribution in [2.45, 2.75) is 24.8 Å². The number of rotatable bonds is 6. The number of nitrogens with one attached hydrogen (secondary N) is 1. The zero-order valence-corrected chi connectivity index (χ0v) is 14.2. The van der Waals surface area contributed by atoms with Crippen molar-refractivity contribution in [2.75, 3.05) is 38.2 Å². The minimum atomic E-state index is 0.211. The Bertz CT molecular complexity index is 665. The Morgan fingerprint density at radius 1 is 1.17 bits per heavy atom. The van der Waals surface area contributed by atoms with Gasteiger partial charge in [-0.05, 0) is 30.5 Å². The topological polar surface area (TPSA) is 63.4 Å². The summed E-state index contributed by atoms with van der Waals surface area (Å²) < 4.78 is 11.2. The fourth-order valence-corrected chi connectivity index (χ4v) is 3.14. The second-order valence-corrected chi connectivity index (χ2v) is 6.75. The molecule has 2 heterocycles. The summed E-state index contributed by atoms with van der Waals surface area (Å²) in [5.41, 5.74) is 1.22. The molecule has 7 heteroatoms. The molecule has 1 atom stereocenters. The first-order chi connectivity index (χ1) is 11.8. The van der Waals surface area contributed by atoms with Crippen LogP contribution in [0.3, 0.4) is 0 Å². The van der Waals surface area contributed by atoms with Crippen LogP contribution in [-0.2, 0) is 4.74 Å². The zero-order valence-electron chi connectivity index (χ0n) is 13.4. The number of aromatic nitrogens is 2. The summed E-state index contributed by atoms with van der Waals surface area (Å²) in [5.74, 6) is 1.23. The largest absolute Gasteiger partial charge is 0.408 e. The van der Waals surface area contributed by atoms with Crippen LogP contribution in [0.25, 0.3) is 0 Å². The van der Waals surface area contributed by atoms with Crippen LogP contribution in [0.15, 0.2) is 28.7 Å². The van der Waals surface area contributed by atoms with Gasteiger partial charge < -0.3 is 14.5 Å². The van der Waals surface area contributed by atoms with Gasteiger partial charge in [-0.2, -0.15) is 0 Å². The van der Waals surface area contributed by atoms with E-state index >= 15 is 0 Å². The minimum absolute atomic E-state index is 0.211. The smallest absolute Gasteiger partial charge is 0.315 e. The number of hydrogen-bond acceptors (Lipinski definition) is 6. The van der Waals surface area contributed by atoms with Gasteiger partial charge in [0.2, 0.25) is 5.89 Å². The summed E-state index contributed by atoms with van der Waals surface area (Å²) >= 11 is 6.03. The number of halogens is 1. The highest BCUT2D eigenvalue weighted by Crippen LogP contribution is 2.39. The zero-order chi connectivity index (χ0) is 16.4. The highest BCUT2D eigenvalue weighted by Gasteiger charge is 2.29. The molecular weight excluding hydrogens is 328 g/mol. The van der Waals surface area contributed by atoms with E-state index < -0.39 is 0 Å². The maximum atomic E-state index is 6.03. The fraction of sp³-hybridized carbons (Fsp3) is 0.529. The minimum Gasteiger partial charge on any atom is -0.408 e. The third-order valence-corrected chi connectivity index (χ3v) is 4.81. The van der Waals surface area contributed by atoms with Crippen molar-refractivity contribution < 1.29 is 9.15 Å². The monoisotopic (exact) mass is 348 g/mol. The molecule has 1 saturated heterocycles. The Morgan fingerprint density at radius 2 is 1.92 bits per heavy atom. The van der Waals surface area contributed by atoms with Gasteiger partial charge in [0.05, 0.1) is 19.3 Å². The number of morpholine rings is 1. The molecule has 2 aliphatic rings. The van der Waals surface area contributed by atoms with Gasteiger partial charge in [-0.25, -0.2) is 0 Å². The third kappa shape index (κ3) is 3.71. The lowest BCUT2D eigenvalue weighted by molar-refractivity contribution is 0.0186. The van der Waals surface area contributed by atoms with Crippen LogP contribution < -0.4 is 5.32 Å². The number of nitrogens with zero attached hydrogens (tertiary/aromatic N) is 3. The van der Waals surface area contributed by atoms with Gasteiger partial charge in [0.1, 0.15) is 0 Å². The maximum absolute atomic E-state index is 6.03. The van der Waals surface area contributed by atoms with Crippen molar-refractivity contribution in [3.63, 3.8) is 0 Å². The second kappa shape index (κ2) is 7.09. The molecule has 1 N–H and O–H groups in total. The van der Waals surface area contributed by atoms with Crippen LogP contribution in [0.1, 0.15) is 36.3 Å². The molecule has 0 amide bonds. The Morgan fingerprint density at radius 3 is 2.62 bits per heavy atom. The van der Waals surface area contributed by atoms with E-state index in [1.54, 1.807) is 0 Å². The third-order valence-electron chi connectivity index (χ3n) is 4.56. The lowest BCUT2D eigenvalue weighted by atomic mass is 10.0. The van der Waals surface area contributed by atoms with Gasteiger partial charge in [-0.1, -0.05) is 28.8 Å². The Labute approximate surface area is 146 Å². The molecule has 24 heavy (non-hydrogen) atoms. The molecule has 128 valence electrons. The van der Waals surface area contributed by atoms with Crippen LogP contribution in [0.4, 0.5) is 6.01 Å². The molecular formula is C17H21ClN4O2. The van der Waals surface area contributed by atoms with Crippen LogP contribution in [0, 0.1) is 0 Å². The maximum Gasteiger partial charge on any atom is 0.315 e. The molecule has 2 fully saturated rings. The molecule has 1 aromatic carbocycles. The van der Waals surface area contributed by atoms with Gasteiger partial charge in [-0.3, -0.25) is 4.90 Å². The molecule has 0 bridgehead atoms. The summed E-state index contributed by atoms with van der Waals surface area (Å²) in [6, 6.07) is 8.73. The van der Waals surface area contributed by atoms with E-state index in [2.05, 4.69) is 32.5 Å². The van der Waals surface area contributed by atoms with E-state index in [1.165, 1.54) is 5.56 Å². The molecule has 1 aliphatic carbocycles. The van der Waals surface area contributed by atoms with Crippen molar-refractivity contribution in [1.82, 2.24) is 15.1 Å². The molecule has 0 radical (unpaired) electrons. The quantitative estimate of drug-likeness (QED) is 0.865. The Balaban J connectivity index is 1.47. The molecule has 0 spiro atoms. The van der Waals surface area contributed by atoms with Gasteiger partial charge in [0.25, 0.3) is 0 Å². The SMILES string of the molecule is Clc1ccc(C(CNc2nnc(C3CC3)o2)N2CCOCC2)cc1. The number of benzene rings is 1. The predicted molar refractivity (Wildman–Crippen MR) is 91.3 cm³/mol. The van der Waals surface area contributed by atoms with Gasteiger partial charge in [-0.15, -0.1) is 5.10 Å². The summed E-state index contributed by atoms with van der Waals surface area (Å²) in [6.07, 6.45) is 2.31. The van der Waals surface area contributed by atoms with Gasteiger partial charge in [0.15, 0.2) is 0 Å². The van der Waals surface area contributed by atoms with E-state index in [-0.39, 0.29) is 6.04 Å². The molecule has 1 unspecified atom stereocenters. The van der Waals surface area contributed by atoms with E-state index in [0.717, 1.165) is 50.1 Å². The molecule has 1 aromatic heterocycles. The van der Waals surface area contributed by atoms with Crippen LogP contribution >= 0.6 is 11.6 Å². The highest BCUT2D eigenvalue weighted by molar-refractivity contribution is 6.30. The Kier molecular flexibility index (Phi) is 4.69. The number of ether oxygens (including phenoxy) is 1. The second-order valence-electron chi connectivity index (χ2n) is 6.32. The average molecular weight is 349 g/mol. The van der Waals surface area contributed by atoms with E-state index in [1.807, 2.05) is 12.1 Å². The van der Waals surface area contributed by atoms with Crippen LogP contribution in [0.2, 0.25) is 5.02 Å². The molecule has 2 aromatic rings. The summed E-state index contributed by atoms with van der Waals surface area (Å²) in [5, 5.41) is 12.3. The molecule has 1 aliphatic heterocycles. The molecule has 1 saturated carbocycles. The standard InChI is InChI=1S/C17H21ClN4O2/c18-14-5-3-12(4-6-14)15(22-7-9-23-10-8-22)11-19-17-21-20-16(24-17)13-1-2-13/h3-6,13,15H,1-2,7-11H2,(H,19,21). The van der Waals surface area contributed by atoms with Crippen molar-refractivity contribution in [3.8, 4) is 0 Å². The lowest BCUT2D eigenvalue weighted by Crippen LogP contribution is -2.41. The van der Waals surface area contributed by atoms with Crippen molar-refractivity contribution in [2.24, 2.45) is 0 Å². The van der Waals surface area contributed by atoms with Gasteiger partial charge >= 0.3 is 6.01 Å². The molecule has 4 rings (SSSR count). The first kappa shape index (κ1) is 15.9. The average Bonchev–Trinajstić information content (AvgIpc) is 3.36. The van der Waals surface area contributed by atoms with Gasteiger partial charge in [0, 0.05) is 30.6 Å². The van der Waals surface area contributed by atoms with Crippen molar-refractivity contribution in [1.29, 1.82) is 0 Å². The highest BCUT2D eigenvalue weighted by atomic mass is 35.5. The summed E-state index contributed by atoms with van der Waals surface area (Å²) in [4.78, 5) is 2.41. The normalized spacial score (nSPS) is 20.0. The van der Waals surface area contributed by atoms with Crippen LogP contribution in [0.5, 0.6) is 0 Å². The number of anilines is 1. The fourth-order valence-electron chi connectivity index (χ4n) is 3.02. The molecule has 6 nitrogen and oxygen atoms in total. The van der Waals surface area contributed by atoms with Crippen LogP contribution in [-0.4, -0.2) is 47.9 Å². The summed E-state index contributed by atoms with van der Waals surface area (Å²) in [6.45, 7) is 4.04. The predicted octanol–water partition coefficient (Wildman–Crippen LogP) is 3.09. The van der Waals surface area contributed by atoms with E-state index in [9.17, 15) is 0 Å². The lowest BCUT2D eigenvalue weighted by Gasteiger charge is -2.34. The van der Waals surface area contributed by atoms with Crippen molar-refractivity contribution in [3.05, 3.63) is 40.7 Å². The Hall–Kier alpha value is -1.63. The van der Waals surface area contributed by atoms with Crippen molar-refractivity contribution >= 4 is 17.6 Å². The summed E-state index contributed by atoms with van der Waals surface area (Å²) in [7, 11) is 0. The first-order valence-corrected chi connectivity index (χ1v) is 8.82. The number of hydrogen-bond donors (Lipinski definition) is 1. The van der Waals surface area contributed by atoms with E-state index in [4.69, 9.17) is 20.8 Å².